The second-order valence-electron chi connectivity index (χ2n) is 3.60. The van der Waals surface area contributed by atoms with Gasteiger partial charge in [0.1, 0.15) is 0 Å². The van der Waals surface area contributed by atoms with Crippen molar-refractivity contribution in [3.05, 3.63) is 0 Å². The number of ketones is 1. The number of methoxy groups -OCH3 is 1. The molecule has 3 heteroatoms. The Bertz CT molecular complexity index is 192. The molecule has 0 saturated heterocycles. The standard InChI is InChI=1S/C10H16O3/c1-13-10(12)9(11)7-6-8-4-2-3-5-8/h8H,2-7H2,1H3. The number of hydrogen-bond donors (Lipinski definition) is 0. The van der Waals surface area contributed by atoms with Crippen LogP contribution >= 0.6 is 0 Å². The van der Waals surface area contributed by atoms with Crippen LogP contribution in [0.4, 0.5) is 0 Å². The van der Waals surface area contributed by atoms with Crippen molar-refractivity contribution in [1.29, 1.82) is 0 Å². The number of Topliss-reactive ketones (excluding diaryl/α,β-unsaturated/α-hetero) is 1. The molecule has 1 aliphatic rings. The van der Waals surface area contributed by atoms with Crippen LogP contribution in [0.2, 0.25) is 0 Å². The fourth-order valence-corrected chi connectivity index (χ4v) is 1.85. The summed E-state index contributed by atoms with van der Waals surface area (Å²) in [5, 5.41) is 0. The van der Waals surface area contributed by atoms with Crippen LogP contribution in [-0.4, -0.2) is 18.9 Å². The van der Waals surface area contributed by atoms with Crippen LogP contribution in [0.1, 0.15) is 38.5 Å². The molecule has 3 nitrogen and oxygen atoms in total. The van der Waals surface area contributed by atoms with Crippen LogP contribution in [0.3, 0.4) is 0 Å². The third-order valence-corrected chi connectivity index (χ3v) is 2.67. The minimum absolute atomic E-state index is 0.358. The summed E-state index contributed by atoms with van der Waals surface area (Å²) in [7, 11) is 1.25. The molecule has 1 aliphatic carbocycles. The molecule has 0 aromatic carbocycles. The number of hydrogen-bond acceptors (Lipinski definition) is 3. The zero-order valence-corrected chi connectivity index (χ0v) is 8.04. The van der Waals surface area contributed by atoms with Gasteiger partial charge in [-0.05, 0) is 12.3 Å². The van der Waals surface area contributed by atoms with Crippen LogP contribution in [0, 0.1) is 5.92 Å². The van der Waals surface area contributed by atoms with E-state index in [1.807, 2.05) is 0 Å². The lowest BCUT2D eigenvalue weighted by Gasteiger charge is -2.06. The Morgan fingerprint density at radius 2 is 1.92 bits per heavy atom. The van der Waals surface area contributed by atoms with Crippen molar-refractivity contribution in [3.63, 3.8) is 0 Å². The van der Waals surface area contributed by atoms with E-state index in [0.29, 0.717) is 12.3 Å². The highest BCUT2D eigenvalue weighted by Gasteiger charge is 2.19. The molecule has 0 heterocycles. The van der Waals surface area contributed by atoms with Gasteiger partial charge in [-0.3, -0.25) is 4.79 Å². The monoisotopic (exact) mass is 184 g/mol. The lowest BCUT2D eigenvalue weighted by atomic mass is 10.0. The minimum atomic E-state index is -0.696. The number of carbonyl (C=O) groups is 2. The molecule has 1 fully saturated rings. The lowest BCUT2D eigenvalue weighted by molar-refractivity contribution is -0.151. The van der Waals surface area contributed by atoms with Crippen molar-refractivity contribution >= 4 is 11.8 Å². The topological polar surface area (TPSA) is 43.4 Å². The Kier molecular flexibility index (Phi) is 3.93. The van der Waals surface area contributed by atoms with Gasteiger partial charge < -0.3 is 4.74 Å². The fourth-order valence-electron chi connectivity index (χ4n) is 1.85. The van der Waals surface area contributed by atoms with Crippen LogP contribution < -0.4 is 0 Å². The van der Waals surface area contributed by atoms with E-state index in [1.165, 1.54) is 32.8 Å². The SMILES string of the molecule is COC(=O)C(=O)CCC1CCCC1. The predicted octanol–water partition coefficient (Wildman–Crippen LogP) is 1.70. The molecule has 13 heavy (non-hydrogen) atoms. The molecule has 0 spiro atoms. The molecular weight excluding hydrogens is 168 g/mol. The van der Waals surface area contributed by atoms with Crippen molar-refractivity contribution < 1.29 is 14.3 Å². The first-order chi connectivity index (χ1) is 6.24. The Labute approximate surface area is 78.5 Å². The van der Waals surface area contributed by atoms with E-state index < -0.39 is 5.97 Å². The fraction of sp³-hybridized carbons (Fsp3) is 0.800. The second-order valence-corrected chi connectivity index (χ2v) is 3.60. The summed E-state index contributed by atoms with van der Waals surface area (Å²) in [6, 6.07) is 0. The Morgan fingerprint density at radius 1 is 1.31 bits per heavy atom. The zero-order chi connectivity index (χ0) is 9.68. The molecule has 0 N–H and O–H groups in total. The van der Waals surface area contributed by atoms with Gasteiger partial charge in [0.25, 0.3) is 0 Å². The molecule has 0 aromatic rings. The third kappa shape index (κ3) is 3.17. The molecule has 0 aromatic heterocycles. The van der Waals surface area contributed by atoms with E-state index in [4.69, 9.17) is 0 Å². The summed E-state index contributed by atoms with van der Waals surface area (Å²) in [5.74, 6) is -0.416. The second kappa shape index (κ2) is 5.00. The number of esters is 1. The minimum Gasteiger partial charge on any atom is -0.463 e. The first kappa shape index (κ1) is 10.2. The number of rotatable bonds is 4. The van der Waals surface area contributed by atoms with E-state index in [9.17, 15) is 9.59 Å². The van der Waals surface area contributed by atoms with Gasteiger partial charge in [0.05, 0.1) is 7.11 Å². The van der Waals surface area contributed by atoms with Gasteiger partial charge >= 0.3 is 5.97 Å². The van der Waals surface area contributed by atoms with Crippen molar-refractivity contribution in [3.8, 4) is 0 Å². The summed E-state index contributed by atoms with van der Waals surface area (Å²) in [4.78, 5) is 21.8. The largest absolute Gasteiger partial charge is 0.463 e. The van der Waals surface area contributed by atoms with Crippen LogP contribution in [0.25, 0.3) is 0 Å². The van der Waals surface area contributed by atoms with Gasteiger partial charge in [0.15, 0.2) is 0 Å². The number of ether oxygens (including phenoxy) is 1. The van der Waals surface area contributed by atoms with Crippen LogP contribution in [0.5, 0.6) is 0 Å². The maximum Gasteiger partial charge on any atom is 0.374 e. The summed E-state index contributed by atoms with van der Waals surface area (Å²) in [6.07, 6.45) is 6.20. The maximum absolute atomic E-state index is 11.1. The van der Waals surface area contributed by atoms with Crippen LogP contribution in [0.15, 0.2) is 0 Å². The molecule has 0 aliphatic heterocycles. The summed E-state index contributed by atoms with van der Waals surface area (Å²) >= 11 is 0. The smallest absolute Gasteiger partial charge is 0.374 e. The molecular formula is C10H16O3. The third-order valence-electron chi connectivity index (χ3n) is 2.67. The maximum atomic E-state index is 11.1. The molecule has 0 bridgehead atoms. The molecule has 0 radical (unpaired) electrons. The molecule has 0 amide bonds. The predicted molar refractivity (Wildman–Crippen MR) is 48.2 cm³/mol. The summed E-state index contributed by atoms with van der Waals surface area (Å²) < 4.78 is 4.34. The Morgan fingerprint density at radius 3 is 2.46 bits per heavy atom. The van der Waals surface area contributed by atoms with Crippen molar-refractivity contribution in [2.24, 2.45) is 5.92 Å². The molecule has 0 unspecified atom stereocenters. The van der Waals surface area contributed by atoms with Gasteiger partial charge in [0, 0.05) is 6.42 Å². The van der Waals surface area contributed by atoms with Crippen molar-refractivity contribution in [1.82, 2.24) is 0 Å². The highest BCUT2D eigenvalue weighted by molar-refractivity contribution is 6.33. The average Bonchev–Trinajstić information content (AvgIpc) is 2.65. The van der Waals surface area contributed by atoms with Gasteiger partial charge in [-0.2, -0.15) is 0 Å². The zero-order valence-electron chi connectivity index (χ0n) is 8.04. The van der Waals surface area contributed by atoms with Crippen molar-refractivity contribution in [2.45, 2.75) is 38.5 Å². The van der Waals surface area contributed by atoms with Crippen molar-refractivity contribution in [2.75, 3.05) is 7.11 Å². The lowest BCUT2D eigenvalue weighted by Crippen LogP contribution is -2.16. The normalized spacial score (nSPS) is 17.3. The summed E-state index contributed by atoms with van der Waals surface area (Å²) in [5.41, 5.74) is 0. The first-order valence-electron chi connectivity index (χ1n) is 4.85. The van der Waals surface area contributed by atoms with E-state index in [0.717, 1.165) is 6.42 Å². The molecule has 1 saturated carbocycles. The van der Waals surface area contributed by atoms with Gasteiger partial charge in [-0.25, -0.2) is 4.79 Å². The van der Waals surface area contributed by atoms with E-state index in [2.05, 4.69) is 4.74 Å². The van der Waals surface area contributed by atoms with Gasteiger partial charge in [-0.15, -0.1) is 0 Å². The van der Waals surface area contributed by atoms with E-state index in [1.54, 1.807) is 0 Å². The van der Waals surface area contributed by atoms with Gasteiger partial charge in [0.2, 0.25) is 5.78 Å². The quantitative estimate of drug-likeness (QED) is 0.493. The molecule has 0 atom stereocenters. The Hall–Kier alpha value is -0.860. The highest BCUT2D eigenvalue weighted by atomic mass is 16.5. The van der Waals surface area contributed by atoms with Crippen LogP contribution in [-0.2, 0) is 14.3 Å². The van der Waals surface area contributed by atoms with E-state index in [-0.39, 0.29) is 5.78 Å². The number of carbonyl (C=O) groups excluding carboxylic acids is 2. The highest BCUT2D eigenvalue weighted by Crippen LogP contribution is 2.28. The molecule has 1 rings (SSSR count). The Balaban J connectivity index is 2.17. The first-order valence-corrected chi connectivity index (χ1v) is 4.85. The van der Waals surface area contributed by atoms with E-state index >= 15 is 0 Å². The molecule has 74 valence electrons. The average molecular weight is 184 g/mol. The van der Waals surface area contributed by atoms with Gasteiger partial charge in [-0.1, -0.05) is 25.7 Å². The summed E-state index contributed by atoms with van der Waals surface area (Å²) in [6.45, 7) is 0.